The van der Waals surface area contributed by atoms with Crippen LogP contribution in [0.15, 0.2) is 57.6 Å². The first-order valence-corrected chi connectivity index (χ1v) is 10.6. The van der Waals surface area contributed by atoms with Gasteiger partial charge in [0.1, 0.15) is 11.0 Å². The van der Waals surface area contributed by atoms with Crippen LogP contribution >= 0.6 is 11.7 Å². The molecule has 2 heterocycles. The summed E-state index contributed by atoms with van der Waals surface area (Å²) in [5.74, 6) is -0.686. The Morgan fingerprint density at radius 2 is 1.71 bits per heavy atom. The van der Waals surface area contributed by atoms with Crippen LogP contribution in [0.5, 0.6) is 0 Å². The predicted molar refractivity (Wildman–Crippen MR) is 118 cm³/mol. The molecule has 0 saturated carbocycles. The number of hydrogen-bond acceptors (Lipinski definition) is 6. The van der Waals surface area contributed by atoms with E-state index in [4.69, 9.17) is 0 Å². The van der Waals surface area contributed by atoms with Gasteiger partial charge in [-0.1, -0.05) is 36.4 Å². The molecule has 0 radical (unpaired) electrons. The van der Waals surface area contributed by atoms with E-state index in [2.05, 4.69) is 8.75 Å². The number of benzene rings is 2. The fourth-order valence-corrected chi connectivity index (χ4v) is 5.52. The van der Waals surface area contributed by atoms with Crippen molar-refractivity contribution in [3.05, 3.63) is 96.8 Å². The second-order valence-corrected chi connectivity index (χ2v) is 8.45. The highest BCUT2D eigenvalue weighted by Gasteiger charge is 2.43. The summed E-state index contributed by atoms with van der Waals surface area (Å²) in [6.07, 6.45) is 0.358. The van der Waals surface area contributed by atoms with Crippen molar-refractivity contribution in [1.29, 1.82) is 0 Å². The molecule has 8 heteroatoms. The third kappa shape index (κ3) is 2.25. The van der Waals surface area contributed by atoms with Gasteiger partial charge in [0.2, 0.25) is 0 Å². The van der Waals surface area contributed by atoms with Gasteiger partial charge in [0.15, 0.2) is 5.78 Å². The minimum absolute atomic E-state index is 0.0719. The van der Waals surface area contributed by atoms with Gasteiger partial charge in [0, 0.05) is 48.8 Å². The first-order valence-electron chi connectivity index (χ1n) is 9.86. The van der Waals surface area contributed by atoms with Gasteiger partial charge in [0.05, 0.1) is 11.7 Å². The minimum Gasteiger partial charge on any atom is -0.300 e. The Kier molecular flexibility index (Phi) is 3.62. The number of carbonyl (C=O) groups excluding carboxylic acids is 1. The molecule has 0 bridgehead atoms. The van der Waals surface area contributed by atoms with Crippen molar-refractivity contribution in [3.8, 4) is 0 Å². The van der Waals surface area contributed by atoms with Crippen LogP contribution in [0, 0.1) is 0 Å². The second kappa shape index (κ2) is 6.18. The van der Waals surface area contributed by atoms with E-state index in [0.717, 1.165) is 38.5 Å². The summed E-state index contributed by atoms with van der Waals surface area (Å²) in [5.41, 5.74) is 5.50. The lowest BCUT2D eigenvalue weighted by molar-refractivity contribution is 0.103. The van der Waals surface area contributed by atoms with Gasteiger partial charge in [-0.2, -0.15) is 8.75 Å². The molecule has 0 aliphatic heterocycles. The van der Waals surface area contributed by atoms with Crippen molar-refractivity contribution in [3.63, 3.8) is 0 Å². The molecule has 0 fully saturated rings. The van der Waals surface area contributed by atoms with Gasteiger partial charge < -0.3 is 0 Å². The molecule has 0 N–H and O–H groups in total. The maximum atomic E-state index is 13.6. The van der Waals surface area contributed by atoms with Crippen LogP contribution in [-0.4, -0.2) is 23.7 Å². The lowest BCUT2D eigenvalue weighted by Crippen LogP contribution is -2.43. The fraction of sp³-hybridized carbons (Fsp3) is 0.174. The summed E-state index contributed by atoms with van der Waals surface area (Å²) in [7, 11) is 3.15. The predicted octanol–water partition coefficient (Wildman–Crippen LogP) is 2.43. The maximum absolute atomic E-state index is 13.6. The standard InChI is InChI=1S/C23H16N4O3S/c1-26-16-10-14-11-6-3-4-7-12(11)21(28)18(14)17(19(16)22(29)27(2)23(26)30)13-8-5-9-15-20(13)25-31-24-15/h3-9,17H,10H2,1-2H3. The Morgan fingerprint density at radius 1 is 0.935 bits per heavy atom. The monoisotopic (exact) mass is 428 g/mol. The molecule has 4 aromatic rings. The lowest BCUT2D eigenvalue weighted by atomic mass is 9.76. The topological polar surface area (TPSA) is 86.8 Å². The van der Waals surface area contributed by atoms with Crippen LogP contribution in [-0.2, 0) is 20.5 Å². The number of nitrogens with zero attached hydrogens (tertiary/aromatic N) is 4. The van der Waals surface area contributed by atoms with E-state index in [1.807, 2.05) is 42.5 Å². The SMILES string of the molecule is Cn1c2c(c(=O)n(C)c1=O)C(c1cccc3nsnc13)C1=C(C2)c2ccccc2C1=O. The molecule has 6 rings (SSSR count). The van der Waals surface area contributed by atoms with E-state index in [9.17, 15) is 14.4 Å². The lowest BCUT2D eigenvalue weighted by Gasteiger charge is -2.29. The summed E-state index contributed by atoms with van der Waals surface area (Å²) in [6, 6.07) is 13.1. The number of hydrogen-bond donors (Lipinski definition) is 0. The summed E-state index contributed by atoms with van der Waals surface area (Å²) in [4.78, 5) is 39.7. The zero-order valence-electron chi connectivity index (χ0n) is 16.7. The molecule has 1 atom stereocenters. The van der Waals surface area contributed by atoms with E-state index < -0.39 is 5.92 Å². The van der Waals surface area contributed by atoms with Crippen molar-refractivity contribution in [2.45, 2.75) is 12.3 Å². The first-order chi connectivity index (χ1) is 15.0. The molecular weight excluding hydrogens is 412 g/mol. The van der Waals surface area contributed by atoms with Gasteiger partial charge in [-0.05, 0) is 22.8 Å². The third-order valence-corrected chi connectivity index (χ3v) is 6.98. The van der Waals surface area contributed by atoms with Gasteiger partial charge in [-0.3, -0.25) is 18.7 Å². The summed E-state index contributed by atoms with van der Waals surface area (Å²) >= 11 is 1.10. The Morgan fingerprint density at radius 3 is 2.52 bits per heavy atom. The number of allylic oxidation sites excluding steroid dienone is 2. The van der Waals surface area contributed by atoms with Crippen LogP contribution in [0.3, 0.4) is 0 Å². The first kappa shape index (κ1) is 18.1. The van der Waals surface area contributed by atoms with Crippen molar-refractivity contribution in [2.24, 2.45) is 14.1 Å². The van der Waals surface area contributed by atoms with Gasteiger partial charge in [-0.15, -0.1) is 0 Å². The number of carbonyl (C=O) groups is 1. The molecule has 0 amide bonds. The largest absolute Gasteiger partial charge is 0.330 e. The van der Waals surface area contributed by atoms with Crippen molar-refractivity contribution in [1.82, 2.24) is 17.9 Å². The Balaban J connectivity index is 1.77. The minimum atomic E-state index is -0.614. The molecule has 152 valence electrons. The Hall–Kier alpha value is -3.65. The van der Waals surface area contributed by atoms with E-state index in [0.29, 0.717) is 34.3 Å². The number of aromatic nitrogens is 4. The number of fused-ring (bicyclic) bond motifs is 4. The highest BCUT2D eigenvalue weighted by molar-refractivity contribution is 7.00. The van der Waals surface area contributed by atoms with Crippen LogP contribution in [0.2, 0.25) is 0 Å². The smallest absolute Gasteiger partial charge is 0.300 e. The maximum Gasteiger partial charge on any atom is 0.330 e. The van der Waals surface area contributed by atoms with E-state index in [1.165, 1.54) is 11.6 Å². The zero-order valence-corrected chi connectivity index (χ0v) is 17.6. The third-order valence-electron chi connectivity index (χ3n) is 6.44. The van der Waals surface area contributed by atoms with E-state index in [1.54, 1.807) is 7.05 Å². The molecular formula is C23H16N4O3S. The number of rotatable bonds is 1. The summed E-state index contributed by atoms with van der Waals surface area (Å²) in [5, 5.41) is 0. The quantitative estimate of drug-likeness (QED) is 0.465. The number of Topliss-reactive ketones (excluding diaryl/α,β-unsaturated/α-hetero) is 1. The summed E-state index contributed by atoms with van der Waals surface area (Å²) in [6.45, 7) is 0. The van der Waals surface area contributed by atoms with Crippen LogP contribution in [0.4, 0.5) is 0 Å². The molecule has 2 aromatic carbocycles. The molecule has 0 spiro atoms. The van der Waals surface area contributed by atoms with E-state index in [-0.39, 0.29) is 17.0 Å². The van der Waals surface area contributed by atoms with Crippen molar-refractivity contribution >= 4 is 34.1 Å². The average molecular weight is 428 g/mol. The van der Waals surface area contributed by atoms with Gasteiger partial charge in [0.25, 0.3) is 5.56 Å². The number of ketones is 1. The Labute approximate surface area is 180 Å². The second-order valence-electron chi connectivity index (χ2n) is 7.92. The molecule has 0 saturated heterocycles. The van der Waals surface area contributed by atoms with Crippen molar-refractivity contribution < 1.29 is 4.79 Å². The molecule has 31 heavy (non-hydrogen) atoms. The highest BCUT2D eigenvalue weighted by Crippen LogP contribution is 2.48. The van der Waals surface area contributed by atoms with Gasteiger partial charge >= 0.3 is 5.69 Å². The fourth-order valence-electron chi connectivity index (χ4n) is 4.97. The van der Waals surface area contributed by atoms with Crippen molar-refractivity contribution in [2.75, 3.05) is 0 Å². The highest BCUT2D eigenvalue weighted by atomic mass is 32.1. The molecule has 7 nitrogen and oxygen atoms in total. The van der Waals surface area contributed by atoms with Crippen LogP contribution < -0.4 is 11.2 Å². The Bertz CT molecular complexity index is 1610. The van der Waals surface area contributed by atoms with Crippen LogP contribution in [0.25, 0.3) is 16.6 Å². The van der Waals surface area contributed by atoms with Gasteiger partial charge in [-0.25, -0.2) is 4.79 Å². The summed E-state index contributed by atoms with van der Waals surface area (Å²) < 4.78 is 11.4. The molecule has 2 aliphatic carbocycles. The zero-order chi connectivity index (χ0) is 21.4. The van der Waals surface area contributed by atoms with Crippen LogP contribution in [0.1, 0.15) is 38.7 Å². The molecule has 1 unspecified atom stereocenters. The molecule has 2 aliphatic rings. The average Bonchev–Trinajstić information content (AvgIpc) is 3.38. The van der Waals surface area contributed by atoms with E-state index >= 15 is 0 Å². The molecule has 2 aromatic heterocycles. The normalized spacial score (nSPS) is 17.1.